The van der Waals surface area contributed by atoms with Crippen molar-refractivity contribution in [1.29, 1.82) is 0 Å². The number of cyclic esters (lactones) is 1. The Bertz CT molecular complexity index is 736. The van der Waals surface area contributed by atoms with Gasteiger partial charge >= 0.3 is 6.09 Å². The lowest BCUT2D eigenvalue weighted by atomic mass is 10.2. The van der Waals surface area contributed by atoms with E-state index in [0.717, 1.165) is 5.69 Å². The number of nitrogens with zero attached hydrogens (tertiary/aromatic N) is 1. The molecule has 0 spiro atoms. The highest BCUT2D eigenvalue weighted by Crippen LogP contribution is 2.22. The summed E-state index contributed by atoms with van der Waals surface area (Å²) in [5.74, 6) is -0.232. The van der Waals surface area contributed by atoms with Gasteiger partial charge in [-0.1, -0.05) is 41.9 Å². The number of hydrogen-bond donors (Lipinski definition) is 1. The highest BCUT2D eigenvalue weighted by molar-refractivity contribution is 6.33. The SMILES string of the molecule is O=C(NCCC1CN(c2ccccc2)C(=O)O1)c1ccccc1Cl. The van der Waals surface area contributed by atoms with Crippen LogP contribution in [0.2, 0.25) is 5.02 Å². The van der Waals surface area contributed by atoms with Gasteiger partial charge in [-0.2, -0.15) is 0 Å². The van der Waals surface area contributed by atoms with E-state index in [1.807, 2.05) is 30.3 Å². The van der Waals surface area contributed by atoms with Gasteiger partial charge in [0.25, 0.3) is 5.91 Å². The summed E-state index contributed by atoms with van der Waals surface area (Å²) >= 11 is 5.99. The fraction of sp³-hybridized carbons (Fsp3) is 0.222. The number of rotatable bonds is 5. The van der Waals surface area contributed by atoms with Crippen LogP contribution in [-0.2, 0) is 4.74 Å². The van der Waals surface area contributed by atoms with Gasteiger partial charge in [-0.25, -0.2) is 4.79 Å². The molecule has 1 fully saturated rings. The van der Waals surface area contributed by atoms with Crippen molar-refractivity contribution in [3.8, 4) is 0 Å². The van der Waals surface area contributed by atoms with Gasteiger partial charge < -0.3 is 10.1 Å². The largest absolute Gasteiger partial charge is 0.444 e. The summed E-state index contributed by atoms with van der Waals surface area (Å²) in [6, 6.07) is 16.3. The summed E-state index contributed by atoms with van der Waals surface area (Å²) in [5, 5.41) is 3.22. The summed E-state index contributed by atoms with van der Waals surface area (Å²) in [5.41, 5.74) is 1.25. The molecule has 1 atom stereocenters. The number of carbonyl (C=O) groups is 2. The van der Waals surface area contributed by atoms with E-state index in [2.05, 4.69) is 5.32 Å². The van der Waals surface area contributed by atoms with Crippen LogP contribution in [0.25, 0.3) is 0 Å². The van der Waals surface area contributed by atoms with Crippen molar-refractivity contribution in [2.45, 2.75) is 12.5 Å². The molecule has 1 heterocycles. The average Bonchev–Trinajstić information content (AvgIpc) is 2.96. The van der Waals surface area contributed by atoms with Crippen molar-refractivity contribution in [1.82, 2.24) is 5.32 Å². The molecule has 1 saturated heterocycles. The monoisotopic (exact) mass is 344 g/mol. The third-order valence-corrected chi connectivity index (χ3v) is 4.14. The van der Waals surface area contributed by atoms with Crippen LogP contribution in [0.1, 0.15) is 16.8 Å². The summed E-state index contributed by atoms with van der Waals surface area (Å²) in [4.78, 5) is 25.6. The molecule has 0 bridgehead atoms. The van der Waals surface area contributed by atoms with Crippen LogP contribution in [0.15, 0.2) is 54.6 Å². The maximum absolute atomic E-state index is 12.1. The van der Waals surface area contributed by atoms with E-state index in [9.17, 15) is 9.59 Å². The maximum Gasteiger partial charge on any atom is 0.414 e. The lowest BCUT2D eigenvalue weighted by Gasteiger charge is -2.12. The Balaban J connectivity index is 1.51. The molecular formula is C18H17ClN2O3. The molecule has 2 aromatic carbocycles. The molecule has 0 aliphatic carbocycles. The van der Waals surface area contributed by atoms with E-state index in [1.165, 1.54) is 0 Å². The van der Waals surface area contributed by atoms with Gasteiger partial charge in [0, 0.05) is 18.7 Å². The Labute approximate surface area is 145 Å². The third-order valence-electron chi connectivity index (χ3n) is 3.81. The predicted octanol–water partition coefficient (Wildman–Crippen LogP) is 3.49. The first-order valence-corrected chi connectivity index (χ1v) is 8.09. The fourth-order valence-corrected chi connectivity index (χ4v) is 2.80. The van der Waals surface area contributed by atoms with Crippen LogP contribution < -0.4 is 10.2 Å². The Morgan fingerprint density at radius 1 is 1.17 bits per heavy atom. The van der Waals surface area contributed by atoms with Gasteiger partial charge in [0.15, 0.2) is 0 Å². The van der Waals surface area contributed by atoms with E-state index in [4.69, 9.17) is 16.3 Å². The number of anilines is 1. The van der Waals surface area contributed by atoms with E-state index >= 15 is 0 Å². The molecule has 2 amide bonds. The first-order valence-electron chi connectivity index (χ1n) is 7.71. The van der Waals surface area contributed by atoms with E-state index in [0.29, 0.717) is 30.1 Å². The Morgan fingerprint density at radius 3 is 2.62 bits per heavy atom. The number of amides is 2. The predicted molar refractivity (Wildman–Crippen MR) is 92.5 cm³/mol. The van der Waals surface area contributed by atoms with E-state index in [1.54, 1.807) is 29.2 Å². The number of para-hydroxylation sites is 1. The number of benzene rings is 2. The molecular weight excluding hydrogens is 328 g/mol. The van der Waals surface area contributed by atoms with Gasteiger partial charge in [0.2, 0.25) is 0 Å². The van der Waals surface area contributed by atoms with Crippen molar-refractivity contribution in [3.63, 3.8) is 0 Å². The van der Waals surface area contributed by atoms with Crippen LogP contribution in [0.4, 0.5) is 10.5 Å². The van der Waals surface area contributed by atoms with Crippen LogP contribution in [0.5, 0.6) is 0 Å². The zero-order valence-electron chi connectivity index (χ0n) is 12.9. The van der Waals surface area contributed by atoms with Crippen molar-refractivity contribution in [2.24, 2.45) is 0 Å². The first kappa shape index (κ1) is 16.3. The fourth-order valence-electron chi connectivity index (χ4n) is 2.58. The van der Waals surface area contributed by atoms with Gasteiger partial charge in [-0.05, 0) is 24.3 Å². The smallest absolute Gasteiger partial charge is 0.414 e. The van der Waals surface area contributed by atoms with Crippen LogP contribution >= 0.6 is 11.6 Å². The average molecular weight is 345 g/mol. The number of hydrogen-bond acceptors (Lipinski definition) is 3. The van der Waals surface area contributed by atoms with Crippen molar-refractivity contribution >= 4 is 29.3 Å². The number of halogens is 1. The summed E-state index contributed by atoms with van der Waals surface area (Å²) in [6.45, 7) is 0.884. The number of nitrogens with one attached hydrogen (secondary N) is 1. The minimum absolute atomic E-state index is 0.232. The lowest BCUT2D eigenvalue weighted by Crippen LogP contribution is -2.29. The van der Waals surface area contributed by atoms with Crippen molar-refractivity contribution < 1.29 is 14.3 Å². The second-order valence-corrected chi connectivity index (χ2v) is 5.88. The summed E-state index contributed by atoms with van der Waals surface area (Å²) < 4.78 is 5.35. The van der Waals surface area contributed by atoms with Crippen molar-refractivity contribution in [3.05, 3.63) is 65.2 Å². The van der Waals surface area contributed by atoms with Gasteiger partial charge in [-0.3, -0.25) is 9.69 Å². The van der Waals surface area contributed by atoms with E-state index < -0.39 is 0 Å². The van der Waals surface area contributed by atoms with E-state index in [-0.39, 0.29) is 18.1 Å². The summed E-state index contributed by atoms with van der Waals surface area (Å²) in [6.07, 6.45) is -0.0569. The third kappa shape index (κ3) is 3.68. The zero-order valence-corrected chi connectivity index (χ0v) is 13.7. The van der Waals surface area contributed by atoms with Crippen LogP contribution in [-0.4, -0.2) is 31.2 Å². The lowest BCUT2D eigenvalue weighted by molar-refractivity contribution is 0.0944. The molecule has 1 unspecified atom stereocenters. The Kier molecular flexibility index (Phi) is 5.01. The molecule has 5 nitrogen and oxygen atoms in total. The second kappa shape index (κ2) is 7.36. The highest BCUT2D eigenvalue weighted by atomic mass is 35.5. The molecule has 124 valence electrons. The molecule has 0 aromatic heterocycles. The molecule has 1 aliphatic heterocycles. The van der Waals surface area contributed by atoms with Gasteiger partial charge in [0.1, 0.15) is 6.10 Å². The minimum Gasteiger partial charge on any atom is -0.444 e. The maximum atomic E-state index is 12.1. The Hall–Kier alpha value is -2.53. The second-order valence-electron chi connectivity index (χ2n) is 5.48. The zero-order chi connectivity index (χ0) is 16.9. The quantitative estimate of drug-likeness (QED) is 0.903. The number of ether oxygens (including phenoxy) is 1. The molecule has 1 N–H and O–H groups in total. The molecule has 2 aromatic rings. The molecule has 0 saturated carbocycles. The highest BCUT2D eigenvalue weighted by Gasteiger charge is 2.31. The molecule has 24 heavy (non-hydrogen) atoms. The Morgan fingerprint density at radius 2 is 1.88 bits per heavy atom. The van der Waals surface area contributed by atoms with Gasteiger partial charge in [0.05, 0.1) is 17.1 Å². The van der Waals surface area contributed by atoms with Crippen molar-refractivity contribution in [2.75, 3.05) is 18.0 Å². The van der Waals surface area contributed by atoms with Gasteiger partial charge in [-0.15, -0.1) is 0 Å². The molecule has 6 heteroatoms. The normalized spacial score (nSPS) is 16.8. The molecule has 1 aliphatic rings. The standard InChI is InChI=1S/C18H17ClN2O3/c19-16-9-5-4-8-15(16)17(22)20-11-10-14-12-21(18(23)24-14)13-6-2-1-3-7-13/h1-9,14H,10-12H2,(H,20,22). The molecule has 3 rings (SSSR count). The topological polar surface area (TPSA) is 58.6 Å². The summed E-state index contributed by atoms with van der Waals surface area (Å²) in [7, 11) is 0. The number of carbonyl (C=O) groups excluding carboxylic acids is 2. The van der Waals surface area contributed by atoms with Crippen LogP contribution in [0.3, 0.4) is 0 Å². The first-order chi connectivity index (χ1) is 11.6. The molecule has 0 radical (unpaired) electrons. The minimum atomic E-state index is -0.358. The van der Waals surface area contributed by atoms with Crippen LogP contribution in [0, 0.1) is 0 Å².